The molecule has 4 aromatic rings. The van der Waals surface area contributed by atoms with Crippen LogP contribution in [0.1, 0.15) is 23.9 Å². The Hall–Kier alpha value is -4.30. The van der Waals surface area contributed by atoms with E-state index in [1.165, 1.54) is 45.7 Å². The molecule has 1 aliphatic heterocycles. The number of nitrogen functional groups attached to an aromatic ring is 1. The summed E-state index contributed by atoms with van der Waals surface area (Å²) in [4.78, 5) is 35.6. The number of fused-ring (bicyclic) bond motifs is 1. The minimum atomic E-state index is -0.791. The molecule has 1 fully saturated rings. The van der Waals surface area contributed by atoms with E-state index in [2.05, 4.69) is 15.1 Å². The second kappa shape index (κ2) is 7.68. The first-order valence-electron chi connectivity index (χ1n) is 9.74. The Labute approximate surface area is 190 Å². The number of hydrogen-bond acceptors (Lipinski definition) is 8. The fourth-order valence-electron chi connectivity index (χ4n) is 3.96. The molecule has 0 saturated carbocycles. The first-order valence-corrected chi connectivity index (χ1v) is 10.1. The molecule has 2 N–H and O–H groups in total. The Bertz CT molecular complexity index is 1540. The third kappa shape index (κ3) is 3.37. The molecule has 0 amide bonds. The number of carbonyl (C=O) groups excluding carboxylic acids is 1. The van der Waals surface area contributed by atoms with E-state index in [0.29, 0.717) is 0 Å². The lowest BCUT2D eigenvalue weighted by molar-refractivity contribution is -0.116. The number of benzene rings is 1. The minimum Gasteiger partial charge on any atom is -0.368 e. The maximum Gasteiger partial charge on any atom is 0.284 e. The van der Waals surface area contributed by atoms with Crippen molar-refractivity contribution in [1.82, 2.24) is 24.1 Å². The molecule has 33 heavy (non-hydrogen) atoms. The first-order chi connectivity index (χ1) is 15.9. The van der Waals surface area contributed by atoms with Crippen molar-refractivity contribution in [2.24, 2.45) is 0 Å². The van der Waals surface area contributed by atoms with Crippen LogP contribution in [0.2, 0.25) is 5.02 Å². The Morgan fingerprint density at radius 1 is 1.27 bits per heavy atom. The van der Waals surface area contributed by atoms with Crippen LogP contribution in [-0.2, 0) is 4.79 Å². The monoisotopic (exact) mass is 464 g/mol. The molecule has 0 radical (unpaired) electrons. The van der Waals surface area contributed by atoms with E-state index in [-0.39, 0.29) is 58.1 Å². The van der Waals surface area contributed by atoms with Crippen LogP contribution in [0.5, 0.6) is 0 Å². The van der Waals surface area contributed by atoms with Crippen molar-refractivity contribution in [2.45, 2.75) is 12.5 Å². The number of ketones is 1. The molecule has 1 atom stereocenters. The molecule has 1 aliphatic rings. The summed E-state index contributed by atoms with van der Waals surface area (Å²) in [6.45, 7) is -0.0840. The van der Waals surface area contributed by atoms with E-state index in [1.807, 2.05) is 6.07 Å². The van der Waals surface area contributed by atoms with E-state index in [1.54, 1.807) is 11.0 Å². The molecule has 0 aliphatic carbocycles. The summed E-state index contributed by atoms with van der Waals surface area (Å²) in [6, 6.07) is 8.16. The zero-order chi connectivity index (χ0) is 23.3. The van der Waals surface area contributed by atoms with Crippen LogP contribution in [0.25, 0.3) is 11.2 Å². The van der Waals surface area contributed by atoms with Gasteiger partial charge in [0.25, 0.3) is 5.56 Å². The maximum absolute atomic E-state index is 14.1. The summed E-state index contributed by atoms with van der Waals surface area (Å²) in [6.07, 6.45) is 2.76. The Kier molecular flexibility index (Phi) is 4.79. The van der Waals surface area contributed by atoms with E-state index in [9.17, 15) is 19.2 Å². The minimum absolute atomic E-state index is 0.0168. The number of nitrogens with zero attached hydrogens (tertiary/aromatic N) is 7. The smallest absolute Gasteiger partial charge is 0.284 e. The molecule has 0 unspecified atom stereocenters. The van der Waals surface area contributed by atoms with Gasteiger partial charge in [0.15, 0.2) is 17.4 Å². The zero-order valence-corrected chi connectivity index (χ0v) is 17.6. The number of nitrogens with two attached hydrogens (primary N) is 1. The predicted octanol–water partition coefficient (Wildman–Crippen LogP) is 2.04. The third-order valence-electron chi connectivity index (χ3n) is 5.35. The van der Waals surface area contributed by atoms with E-state index >= 15 is 0 Å². The fourth-order valence-corrected chi connectivity index (χ4v) is 4.18. The van der Waals surface area contributed by atoms with Crippen LogP contribution in [0.15, 0.2) is 47.5 Å². The van der Waals surface area contributed by atoms with Gasteiger partial charge in [0.2, 0.25) is 5.95 Å². The molecular weight excluding hydrogens is 451 g/mol. The largest absolute Gasteiger partial charge is 0.368 e. The topological polar surface area (TPSA) is 135 Å². The highest BCUT2D eigenvalue weighted by atomic mass is 35.5. The van der Waals surface area contributed by atoms with E-state index in [0.717, 1.165) is 0 Å². The van der Waals surface area contributed by atoms with Gasteiger partial charge in [0.1, 0.15) is 23.0 Å². The summed E-state index contributed by atoms with van der Waals surface area (Å²) < 4.78 is 16.6. The van der Waals surface area contributed by atoms with Gasteiger partial charge in [-0.05, 0) is 24.3 Å². The van der Waals surface area contributed by atoms with E-state index < -0.39 is 17.4 Å². The first kappa shape index (κ1) is 20.6. The van der Waals surface area contributed by atoms with Crippen LogP contribution in [0, 0.1) is 17.1 Å². The van der Waals surface area contributed by atoms with Gasteiger partial charge in [-0.2, -0.15) is 15.3 Å². The number of halogens is 2. The third-order valence-corrected chi connectivity index (χ3v) is 5.66. The van der Waals surface area contributed by atoms with Gasteiger partial charge in [0, 0.05) is 12.6 Å². The molecule has 1 aromatic carbocycles. The molecule has 1 saturated heterocycles. The second-order valence-electron chi connectivity index (χ2n) is 7.40. The summed E-state index contributed by atoms with van der Waals surface area (Å²) in [5.74, 6) is -0.498. The van der Waals surface area contributed by atoms with Crippen molar-refractivity contribution in [2.75, 3.05) is 17.2 Å². The molecule has 164 valence electrons. The Morgan fingerprint density at radius 3 is 2.85 bits per heavy atom. The molecule has 0 bridgehead atoms. The molecule has 12 heteroatoms. The quantitative estimate of drug-likeness (QED) is 0.486. The van der Waals surface area contributed by atoms with E-state index in [4.69, 9.17) is 17.3 Å². The standard InChI is InChI=1S/C21H14ClFN8O2/c22-15-4-5-30-17(15)20(33)31(13-3-1-2-12(23)6-13)19(28-30)16-7-14(32)10-29(16)18-11(8-24)9-26-21(25)27-18/h1-6,9,16H,7,10H2,(H2,25,26,27)/t16-/m0/s1. The summed E-state index contributed by atoms with van der Waals surface area (Å²) in [5.41, 5.74) is 5.61. The molecule has 5 rings (SSSR count). The van der Waals surface area contributed by atoms with Crippen molar-refractivity contribution in [1.29, 1.82) is 5.26 Å². The number of Topliss-reactive ketones (excluding diaryl/α,β-unsaturated/α-hetero) is 1. The second-order valence-corrected chi connectivity index (χ2v) is 7.81. The average Bonchev–Trinajstić information content (AvgIpc) is 3.36. The molecule has 10 nitrogen and oxygen atoms in total. The lowest BCUT2D eigenvalue weighted by atomic mass is 10.1. The van der Waals surface area contributed by atoms with Crippen molar-refractivity contribution in [3.8, 4) is 11.8 Å². The van der Waals surface area contributed by atoms with Crippen molar-refractivity contribution < 1.29 is 9.18 Å². The normalized spacial score (nSPS) is 15.8. The summed E-state index contributed by atoms with van der Waals surface area (Å²) in [5, 5.41) is 14.3. The highest BCUT2D eigenvalue weighted by Gasteiger charge is 2.38. The zero-order valence-electron chi connectivity index (χ0n) is 16.8. The maximum atomic E-state index is 14.1. The SMILES string of the molecule is N#Cc1cnc(N)nc1N1CC(=O)C[C@H]1c1nn2ccc(Cl)c2c(=O)n1-c1cccc(F)c1. The number of hydrogen-bond donors (Lipinski definition) is 1. The van der Waals surface area contributed by atoms with Gasteiger partial charge < -0.3 is 10.6 Å². The van der Waals surface area contributed by atoms with Crippen molar-refractivity contribution in [3.63, 3.8) is 0 Å². The Balaban J connectivity index is 1.80. The van der Waals surface area contributed by atoms with Crippen LogP contribution >= 0.6 is 11.6 Å². The summed E-state index contributed by atoms with van der Waals surface area (Å²) in [7, 11) is 0. The van der Waals surface area contributed by atoms with Gasteiger partial charge in [-0.15, -0.1) is 0 Å². The van der Waals surface area contributed by atoms with Crippen LogP contribution < -0.4 is 16.2 Å². The number of aromatic nitrogens is 5. The molecule has 3 aromatic heterocycles. The van der Waals surface area contributed by atoms with Gasteiger partial charge in [0.05, 0.1) is 29.5 Å². The van der Waals surface area contributed by atoms with Crippen LogP contribution in [0.4, 0.5) is 16.2 Å². The fraction of sp³-hybridized carbons (Fsp3) is 0.143. The highest BCUT2D eigenvalue weighted by molar-refractivity contribution is 6.33. The van der Waals surface area contributed by atoms with Crippen molar-refractivity contribution >= 4 is 34.7 Å². The number of carbonyl (C=O) groups is 1. The summed E-state index contributed by atoms with van der Waals surface area (Å²) >= 11 is 6.21. The number of nitriles is 1. The van der Waals surface area contributed by atoms with Gasteiger partial charge in [-0.25, -0.2) is 13.9 Å². The van der Waals surface area contributed by atoms with Gasteiger partial charge in [-0.3, -0.25) is 14.2 Å². The molecule has 4 heterocycles. The van der Waals surface area contributed by atoms with Crippen molar-refractivity contribution in [3.05, 3.63) is 75.3 Å². The Morgan fingerprint density at radius 2 is 2.09 bits per heavy atom. The van der Waals surface area contributed by atoms with Crippen LogP contribution in [0.3, 0.4) is 0 Å². The lowest BCUT2D eigenvalue weighted by Crippen LogP contribution is -2.33. The highest BCUT2D eigenvalue weighted by Crippen LogP contribution is 2.35. The average molecular weight is 465 g/mol. The number of anilines is 2. The number of rotatable bonds is 3. The van der Waals surface area contributed by atoms with Gasteiger partial charge in [-0.1, -0.05) is 17.7 Å². The predicted molar refractivity (Wildman–Crippen MR) is 117 cm³/mol. The van der Waals surface area contributed by atoms with Gasteiger partial charge >= 0.3 is 0 Å². The lowest BCUT2D eigenvalue weighted by Gasteiger charge is -2.27. The molecule has 0 spiro atoms. The van der Waals surface area contributed by atoms with Crippen LogP contribution in [-0.4, -0.2) is 36.5 Å². The molecular formula is C21H14ClFN8O2.